The first kappa shape index (κ1) is 9.95. The van der Waals surface area contributed by atoms with Crippen molar-refractivity contribution >= 4 is 17.0 Å². The molecule has 2 heterocycles. The summed E-state index contributed by atoms with van der Waals surface area (Å²) in [6.45, 7) is 1.69. The maximum absolute atomic E-state index is 5.16. The molecule has 0 radical (unpaired) electrons. The third-order valence-corrected chi connectivity index (χ3v) is 2.65. The molecule has 1 aromatic heterocycles. The van der Waals surface area contributed by atoms with Gasteiger partial charge in [-0.2, -0.15) is 0 Å². The van der Waals surface area contributed by atoms with E-state index in [1.165, 1.54) is 0 Å². The minimum Gasteiger partial charge on any atom is -0.497 e. The first-order chi connectivity index (χ1) is 8.36. The van der Waals surface area contributed by atoms with Gasteiger partial charge in [-0.25, -0.2) is 9.66 Å². The third-order valence-electron chi connectivity index (χ3n) is 2.65. The van der Waals surface area contributed by atoms with Crippen molar-refractivity contribution in [2.45, 2.75) is 0 Å². The van der Waals surface area contributed by atoms with Gasteiger partial charge in [0.1, 0.15) is 12.1 Å². The van der Waals surface area contributed by atoms with Crippen molar-refractivity contribution in [2.24, 2.45) is 4.99 Å². The zero-order chi connectivity index (χ0) is 11.7. The quantitative estimate of drug-likeness (QED) is 0.792. The summed E-state index contributed by atoms with van der Waals surface area (Å²) >= 11 is 0. The molecule has 0 amide bonds. The van der Waals surface area contributed by atoms with Crippen LogP contribution in [0.15, 0.2) is 29.5 Å². The van der Waals surface area contributed by atoms with E-state index in [1.54, 1.807) is 13.4 Å². The molecule has 0 fully saturated rings. The number of aromatic nitrogens is 2. The Morgan fingerprint density at radius 3 is 3.18 bits per heavy atom. The smallest absolute Gasteiger partial charge is 0.211 e. The fourth-order valence-electron chi connectivity index (χ4n) is 1.80. The van der Waals surface area contributed by atoms with Gasteiger partial charge in [-0.3, -0.25) is 10.4 Å². The highest BCUT2D eigenvalue weighted by atomic mass is 16.5. The molecule has 0 unspecified atom stereocenters. The van der Waals surface area contributed by atoms with Gasteiger partial charge in [0.25, 0.3) is 0 Å². The van der Waals surface area contributed by atoms with E-state index >= 15 is 0 Å². The molecule has 1 aliphatic heterocycles. The Hall–Kier alpha value is -2.24. The van der Waals surface area contributed by atoms with E-state index in [-0.39, 0.29) is 0 Å². The molecular formula is C11H13N5O. The Labute approximate surface area is 98.3 Å². The minimum atomic E-state index is 0.778. The third kappa shape index (κ3) is 1.77. The highest BCUT2D eigenvalue weighted by molar-refractivity contribution is 5.90. The summed E-state index contributed by atoms with van der Waals surface area (Å²) in [5, 5.41) is 3.15. The minimum absolute atomic E-state index is 0.778. The number of rotatable bonds is 2. The van der Waals surface area contributed by atoms with Crippen molar-refractivity contribution in [1.82, 2.24) is 15.0 Å². The summed E-state index contributed by atoms with van der Waals surface area (Å²) in [7, 11) is 1.65. The van der Waals surface area contributed by atoms with Crippen LogP contribution in [0.1, 0.15) is 0 Å². The van der Waals surface area contributed by atoms with Crippen molar-refractivity contribution in [3.63, 3.8) is 0 Å². The van der Waals surface area contributed by atoms with Crippen molar-refractivity contribution in [3.05, 3.63) is 24.5 Å². The van der Waals surface area contributed by atoms with Crippen molar-refractivity contribution in [3.8, 4) is 5.75 Å². The first-order valence-electron chi connectivity index (χ1n) is 5.43. The number of methoxy groups -OCH3 is 1. The Bertz CT molecular complexity index is 574. The van der Waals surface area contributed by atoms with Gasteiger partial charge < -0.3 is 10.1 Å². The fraction of sp³-hybridized carbons (Fsp3) is 0.273. The topological polar surface area (TPSA) is 63.5 Å². The lowest BCUT2D eigenvalue weighted by molar-refractivity contribution is 0.415. The Morgan fingerprint density at radius 2 is 2.41 bits per heavy atom. The number of nitrogens with one attached hydrogen (secondary N) is 2. The van der Waals surface area contributed by atoms with Crippen LogP contribution in [0.3, 0.4) is 0 Å². The van der Waals surface area contributed by atoms with Crippen LogP contribution in [0.2, 0.25) is 0 Å². The van der Waals surface area contributed by atoms with E-state index in [1.807, 2.05) is 22.9 Å². The summed E-state index contributed by atoms with van der Waals surface area (Å²) in [5.41, 5.74) is 5.03. The van der Waals surface area contributed by atoms with E-state index in [0.29, 0.717) is 0 Å². The predicted molar refractivity (Wildman–Crippen MR) is 66.0 cm³/mol. The van der Waals surface area contributed by atoms with Gasteiger partial charge in [-0.05, 0) is 12.1 Å². The Kier molecular flexibility index (Phi) is 2.32. The van der Waals surface area contributed by atoms with Gasteiger partial charge in [0.05, 0.1) is 24.7 Å². The van der Waals surface area contributed by atoms with Crippen molar-refractivity contribution in [1.29, 1.82) is 0 Å². The number of aliphatic imine (C=N–C) groups is 1. The maximum atomic E-state index is 5.16. The standard InChI is InChI=1S/C11H13N5O/c1-17-8-2-3-10-9(6-8)14-7-16(10)15-11-12-4-5-13-11/h2-3,6-7H,4-5H2,1H3,(H2,12,13,15). The van der Waals surface area contributed by atoms with E-state index in [2.05, 4.69) is 20.7 Å². The number of fused-ring (bicyclic) bond motifs is 1. The van der Waals surface area contributed by atoms with Gasteiger partial charge in [0, 0.05) is 12.6 Å². The van der Waals surface area contributed by atoms with Crippen LogP contribution in [-0.4, -0.2) is 35.8 Å². The molecule has 17 heavy (non-hydrogen) atoms. The number of nitrogens with zero attached hydrogens (tertiary/aromatic N) is 3. The number of ether oxygens (including phenoxy) is 1. The molecule has 6 heteroatoms. The lowest BCUT2D eigenvalue weighted by Crippen LogP contribution is -2.31. The summed E-state index contributed by atoms with van der Waals surface area (Å²) in [5.74, 6) is 1.58. The van der Waals surface area contributed by atoms with E-state index in [9.17, 15) is 0 Å². The lowest BCUT2D eigenvalue weighted by Gasteiger charge is -2.08. The first-order valence-corrected chi connectivity index (χ1v) is 5.43. The molecule has 1 aliphatic rings. The molecular weight excluding hydrogens is 218 g/mol. The van der Waals surface area contributed by atoms with Crippen LogP contribution in [-0.2, 0) is 0 Å². The molecule has 0 saturated heterocycles. The molecule has 3 rings (SSSR count). The average molecular weight is 231 g/mol. The maximum Gasteiger partial charge on any atom is 0.211 e. The average Bonchev–Trinajstić information content (AvgIpc) is 2.99. The number of benzene rings is 1. The number of imidazole rings is 1. The molecule has 0 bridgehead atoms. The van der Waals surface area contributed by atoms with Crippen LogP contribution < -0.4 is 15.5 Å². The van der Waals surface area contributed by atoms with Gasteiger partial charge in [0.15, 0.2) is 0 Å². The summed E-state index contributed by atoms with van der Waals surface area (Å²) in [6.07, 6.45) is 1.73. The second kappa shape index (κ2) is 3.97. The fourth-order valence-corrected chi connectivity index (χ4v) is 1.80. The molecule has 0 saturated carbocycles. The van der Waals surface area contributed by atoms with Crippen LogP contribution in [0.25, 0.3) is 11.0 Å². The van der Waals surface area contributed by atoms with Gasteiger partial charge in [-0.15, -0.1) is 0 Å². The van der Waals surface area contributed by atoms with Gasteiger partial charge >= 0.3 is 0 Å². The Balaban J connectivity index is 1.94. The normalized spacial score (nSPS) is 14.5. The van der Waals surface area contributed by atoms with Crippen molar-refractivity contribution in [2.75, 3.05) is 25.6 Å². The zero-order valence-electron chi connectivity index (χ0n) is 9.47. The summed E-state index contributed by atoms with van der Waals surface area (Å²) < 4.78 is 7.00. The van der Waals surface area contributed by atoms with Crippen molar-refractivity contribution < 1.29 is 4.74 Å². The largest absolute Gasteiger partial charge is 0.497 e. The molecule has 1 aromatic carbocycles. The molecule has 0 atom stereocenters. The lowest BCUT2D eigenvalue weighted by atomic mass is 10.3. The molecule has 0 spiro atoms. The van der Waals surface area contributed by atoms with Gasteiger partial charge in [0.2, 0.25) is 5.96 Å². The molecule has 0 aliphatic carbocycles. The van der Waals surface area contributed by atoms with Crippen LogP contribution in [0.4, 0.5) is 0 Å². The predicted octanol–water partition coefficient (Wildman–Crippen LogP) is 0.548. The second-order valence-corrected chi connectivity index (χ2v) is 3.74. The van der Waals surface area contributed by atoms with E-state index in [4.69, 9.17) is 4.74 Å². The zero-order valence-corrected chi connectivity index (χ0v) is 9.47. The van der Waals surface area contributed by atoms with E-state index < -0.39 is 0 Å². The highest BCUT2D eigenvalue weighted by Gasteiger charge is 2.08. The molecule has 6 nitrogen and oxygen atoms in total. The number of guanidine groups is 1. The van der Waals surface area contributed by atoms with Crippen LogP contribution in [0.5, 0.6) is 5.75 Å². The number of hydrogen-bond donors (Lipinski definition) is 2. The number of hydrogen-bond acceptors (Lipinski definition) is 5. The Morgan fingerprint density at radius 1 is 1.47 bits per heavy atom. The van der Waals surface area contributed by atoms with Crippen LogP contribution in [0, 0.1) is 0 Å². The summed E-state index contributed by atoms with van der Waals surface area (Å²) in [4.78, 5) is 8.58. The highest BCUT2D eigenvalue weighted by Crippen LogP contribution is 2.18. The van der Waals surface area contributed by atoms with E-state index in [0.717, 1.165) is 35.8 Å². The SMILES string of the molecule is COc1ccc2c(c1)ncn2NC1=NCCN1. The van der Waals surface area contributed by atoms with Crippen LogP contribution >= 0.6 is 0 Å². The second-order valence-electron chi connectivity index (χ2n) is 3.74. The molecule has 2 N–H and O–H groups in total. The summed E-state index contributed by atoms with van der Waals surface area (Å²) in [6, 6.07) is 5.77. The van der Waals surface area contributed by atoms with Gasteiger partial charge in [-0.1, -0.05) is 0 Å². The molecule has 2 aromatic rings. The monoisotopic (exact) mass is 231 g/mol. The molecule has 88 valence electrons.